The molecule has 136 valence electrons. The Labute approximate surface area is 147 Å². The zero-order valence-electron chi connectivity index (χ0n) is 13.6. The van der Waals surface area contributed by atoms with E-state index in [1.165, 1.54) is 37.3 Å². The maximum Gasteiger partial charge on any atom is 0.336 e. The molecule has 0 saturated heterocycles. The van der Waals surface area contributed by atoms with Crippen LogP contribution in [0.3, 0.4) is 0 Å². The van der Waals surface area contributed by atoms with Crippen LogP contribution in [0.4, 0.5) is 0 Å². The predicted molar refractivity (Wildman–Crippen MR) is 90.3 cm³/mol. The molecule has 0 aliphatic rings. The molecule has 0 radical (unpaired) electrons. The van der Waals surface area contributed by atoms with Gasteiger partial charge >= 0.3 is 11.9 Å². The molecule has 0 aromatic heterocycles. The van der Waals surface area contributed by atoms with Crippen molar-refractivity contribution in [2.24, 2.45) is 0 Å². The number of carbonyl (C=O) groups is 2. The first-order chi connectivity index (χ1) is 12.2. The van der Waals surface area contributed by atoms with Crippen LogP contribution >= 0.6 is 0 Å². The summed E-state index contributed by atoms with van der Waals surface area (Å²) >= 11 is 0. The van der Waals surface area contributed by atoms with Crippen LogP contribution in [0.2, 0.25) is 0 Å². The molecular formula is C18H16O8. The number of ether oxygens (including phenoxy) is 1. The first-order valence-corrected chi connectivity index (χ1v) is 7.40. The summed E-state index contributed by atoms with van der Waals surface area (Å²) in [6.07, 6.45) is 2.26. The molecule has 0 fully saturated rings. The lowest BCUT2D eigenvalue weighted by molar-refractivity contribution is -0.138. The van der Waals surface area contributed by atoms with E-state index in [1.807, 2.05) is 0 Å². The molecule has 0 bridgehead atoms. The van der Waals surface area contributed by atoms with E-state index >= 15 is 0 Å². The van der Waals surface area contributed by atoms with Gasteiger partial charge in [0.15, 0.2) is 23.0 Å². The van der Waals surface area contributed by atoms with Gasteiger partial charge in [0.25, 0.3) is 0 Å². The fourth-order valence-electron chi connectivity index (χ4n) is 2.10. The van der Waals surface area contributed by atoms with Crippen molar-refractivity contribution in [3.63, 3.8) is 0 Å². The number of carboxylic acid groups (broad SMARTS) is 1. The maximum atomic E-state index is 12.0. The van der Waals surface area contributed by atoms with Crippen LogP contribution < -0.4 is 4.74 Å². The number of hydrogen-bond acceptors (Lipinski definition) is 7. The molecule has 0 aliphatic carbocycles. The number of carbonyl (C=O) groups excluding carboxylic acids is 1. The van der Waals surface area contributed by atoms with Crippen molar-refractivity contribution in [1.29, 1.82) is 0 Å². The molecule has 0 amide bonds. The minimum absolute atomic E-state index is 0.0110. The summed E-state index contributed by atoms with van der Waals surface area (Å²) in [5.41, 5.74) is 0.397. The third-order valence-corrected chi connectivity index (χ3v) is 3.59. The summed E-state index contributed by atoms with van der Waals surface area (Å²) in [6.45, 7) is 1.33. The highest BCUT2D eigenvalue weighted by atomic mass is 16.5. The van der Waals surface area contributed by atoms with Crippen LogP contribution in [0.25, 0.3) is 6.08 Å². The number of phenolic OH excluding ortho intramolecular Hbond substituents is 4. The van der Waals surface area contributed by atoms with Crippen LogP contribution in [-0.4, -0.2) is 37.5 Å². The van der Waals surface area contributed by atoms with Gasteiger partial charge in [-0.05, 0) is 36.8 Å². The Hall–Kier alpha value is -3.68. The standard InChI is InChI=1S/C18H16O8/c1-9(18(24)25)11-4-6-13(20)16(23)17(11)26-15(22)7-3-10-2-5-12(19)14(21)8-10/h2-9,19-21,23H,1H3,(H,24,25). The van der Waals surface area contributed by atoms with Crippen LogP contribution in [0, 0.1) is 0 Å². The zero-order valence-corrected chi connectivity index (χ0v) is 13.6. The highest BCUT2D eigenvalue weighted by molar-refractivity contribution is 5.90. The average molecular weight is 360 g/mol. The van der Waals surface area contributed by atoms with E-state index in [0.29, 0.717) is 5.56 Å². The third-order valence-electron chi connectivity index (χ3n) is 3.59. The molecule has 2 rings (SSSR count). The molecule has 0 saturated carbocycles. The summed E-state index contributed by atoms with van der Waals surface area (Å²) in [5.74, 6) is -5.71. The number of carboxylic acids is 1. The summed E-state index contributed by atoms with van der Waals surface area (Å²) in [6, 6.07) is 6.20. The predicted octanol–water partition coefficient (Wildman–Crippen LogP) is 2.32. The van der Waals surface area contributed by atoms with E-state index < -0.39 is 35.1 Å². The Morgan fingerprint density at radius 1 is 1.00 bits per heavy atom. The fraction of sp³-hybridized carbons (Fsp3) is 0.111. The molecule has 0 spiro atoms. The van der Waals surface area contributed by atoms with Crippen LogP contribution in [0.15, 0.2) is 36.4 Å². The molecule has 2 aromatic carbocycles. The first kappa shape index (κ1) is 18.7. The molecular weight excluding hydrogens is 344 g/mol. The van der Waals surface area contributed by atoms with Crippen molar-refractivity contribution >= 4 is 18.0 Å². The van der Waals surface area contributed by atoms with E-state index in [-0.39, 0.29) is 17.1 Å². The normalized spacial score (nSPS) is 12.0. The molecule has 2 aromatic rings. The largest absolute Gasteiger partial charge is 0.504 e. The number of aromatic hydroxyl groups is 4. The van der Waals surface area contributed by atoms with Gasteiger partial charge in [0.1, 0.15) is 0 Å². The van der Waals surface area contributed by atoms with Gasteiger partial charge in [0.2, 0.25) is 5.75 Å². The van der Waals surface area contributed by atoms with E-state index in [1.54, 1.807) is 0 Å². The highest BCUT2D eigenvalue weighted by Crippen LogP contribution is 2.41. The van der Waals surface area contributed by atoms with Crippen LogP contribution in [-0.2, 0) is 9.59 Å². The molecule has 26 heavy (non-hydrogen) atoms. The van der Waals surface area contributed by atoms with Gasteiger partial charge in [-0.3, -0.25) is 4.79 Å². The van der Waals surface area contributed by atoms with Crippen molar-refractivity contribution in [2.75, 3.05) is 0 Å². The second kappa shape index (κ2) is 7.47. The average Bonchev–Trinajstić information content (AvgIpc) is 2.59. The summed E-state index contributed by atoms with van der Waals surface area (Å²) in [4.78, 5) is 23.1. The number of aliphatic carboxylic acids is 1. The Balaban J connectivity index is 2.27. The van der Waals surface area contributed by atoms with Gasteiger partial charge in [0, 0.05) is 11.6 Å². The molecule has 8 heteroatoms. The lowest BCUT2D eigenvalue weighted by Gasteiger charge is -2.14. The Bertz CT molecular complexity index is 885. The van der Waals surface area contributed by atoms with Crippen molar-refractivity contribution in [3.05, 3.63) is 47.5 Å². The molecule has 0 aliphatic heterocycles. The quantitative estimate of drug-likeness (QED) is 0.236. The lowest BCUT2D eigenvalue weighted by Crippen LogP contribution is -2.12. The second-order valence-corrected chi connectivity index (χ2v) is 5.41. The van der Waals surface area contributed by atoms with Gasteiger partial charge in [-0.1, -0.05) is 12.1 Å². The van der Waals surface area contributed by atoms with Gasteiger partial charge < -0.3 is 30.3 Å². The summed E-state index contributed by atoms with van der Waals surface area (Å²) < 4.78 is 4.99. The molecule has 0 heterocycles. The van der Waals surface area contributed by atoms with E-state index in [2.05, 4.69) is 0 Å². The smallest absolute Gasteiger partial charge is 0.336 e. The monoisotopic (exact) mass is 360 g/mol. The number of rotatable bonds is 5. The summed E-state index contributed by atoms with van der Waals surface area (Å²) in [5, 5.41) is 47.2. The number of esters is 1. The number of benzene rings is 2. The van der Waals surface area contributed by atoms with Crippen LogP contribution in [0.5, 0.6) is 28.7 Å². The Morgan fingerprint density at radius 3 is 2.27 bits per heavy atom. The second-order valence-electron chi connectivity index (χ2n) is 5.41. The first-order valence-electron chi connectivity index (χ1n) is 7.40. The minimum Gasteiger partial charge on any atom is -0.504 e. The van der Waals surface area contributed by atoms with Crippen molar-refractivity contribution in [3.8, 4) is 28.7 Å². The Morgan fingerprint density at radius 2 is 1.65 bits per heavy atom. The number of hydrogen-bond donors (Lipinski definition) is 5. The SMILES string of the molecule is CC(C(=O)O)c1ccc(O)c(O)c1OC(=O)C=Cc1ccc(O)c(O)c1. The van der Waals surface area contributed by atoms with Crippen molar-refractivity contribution in [1.82, 2.24) is 0 Å². The highest BCUT2D eigenvalue weighted by Gasteiger charge is 2.24. The maximum absolute atomic E-state index is 12.0. The topological polar surface area (TPSA) is 145 Å². The van der Waals surface area contributed by atoms with E-state index in [0.717, 1.165) is 12.1 Å². The fourth-order valence-corrected chi connectivity index (χ4v) is 2.10. The van der Waals surface area contributed by atoms with Crippen molar-refractivity contribution in [2.45, 2.75) is 12.8 Å². The van der Waals surface area contributed by atoms with Crippen molar-refractivity contribution < 1.29 is 39.9 Å². The van der Waals surface area contributed by atoms with E-state index in [4.69, 9.17) is 9.84 Å². The lowest BCUT2D eigenvalue weighted by atomic mass is 9.99. The molecule has 8 nitrogen and oxygen atoms in total. The van der Waals surface area contributed by atoms with Crippen LogP contribution in [0.1, 0.15) is 24.0 Å². The third kappa shape index (κ3) is 4.04. The molecule has 5 N–H and O–H groups in total. The van der Waals surface area contributed by atoms with E-state index in [9.17, 15) is 30.0 Å². The number of phenols is 4. The molecule has 1 atom stereocenters. The Kier molecular flexibility index (Phi) is 5.36. The summed E-state index contributed by atoms with van der Waals surface area (Å²) in [7, 11) is 0. The van der Waals surface area contributed by atoms with Gasteiger partial charge in [-0.2, -0.15) is 0 Å². The minimum atomic E-state index is -1.21. The van der Waals surface area contributed by atoms with Gasteiger partial charge in [0.05, 0.1) is 5.92 Å². The molecule has 1 unspecified atom stereocenters. The van der Waals surface area contributed by atoms with Gasteiger partial charge in [-0.15, -0.1) is 0 Å². The zero-order chi connectivity index (χ0) is 19.4. The van der Waals surface area contributed by atoms with Gasteiger partial charge in [-0.25, -0.2) is 4.79 Å².